The minimum Gasteiger partial charge on any atom is -0.324 e. The van der Waals surface area contributed by atoms with Crippen LogP contribution in [-0.2, 0) is 4.79 Å². The molecule has 0 bridgehead atoms. The lowest BCUT2D eigenvalue weighted by Gasteiger charge is -2.22. The maximum atomic E-state index is 13.4. The molecule has 5 heteroatoms. The minimum atomic E-state index is -0.463. The molecule has 0 aliphatic carbocycles. The zero-order valence-corrected chi connectivity index (χ0v) is 10.8. The highest BCUT2D eigenvalue weighted by Gasteiger charge is 2.17. The minimum absolute atomic E-state index is 0.149. The third-order valence-electron chi connectivity index (χ3n) is 3.08. The summed E-state index contributed by atoms with van der Waals surface area (Å²) in [6, 6.07) is 4.13. The average Bonchev–Trinajstić information content (AvgIpc) is 2.35. The number of halogens is 2. The van der Waals surface area contributed by atoms with Gasteiger partial charge in [-0.05, 0) is 50.0 Å². The van der Waals surface area contributed by atoms with Gasteiger partial charge >= 0.3 is 0 Å². The molecule has 2 N–H and O–H groups in total. The first-order valence-corrected chi connectivity index (χ1v) is 6.48. The van der Waals surface area contributed by atoms with E-state index < -0.39 is 5.82 Å². The normalized spacial score (nSPS) is 19.6. The van der Waals surface area contributed by atoms with Gasteiger partial charge in [0.2, 0.25) is 5.91 Å². The van der Waals surface area contributed by atoms with E-state index in [1.165, 1.54) is 18.2 Å². The van der Waals surface area contributed by atoms with Gasteiger partial charge in [-0.2, -0.15) is 0 Å². The van der Waals surface area contributed by atoms with E-state index >= 15 is 0 Å². The third kappa shape index (κ3) is 3.68. The van der Waals surface area contributed by atoms with E-state index in [1.54, 1.807) is 0 Å². The van der Waals surface area contributed by atoms with Gasteiger partial charge in [0.1, 0.15) is 5.82 Å². The predicted molar refractivity (Wildman–Crippen MR) is 70.3 cm³/mol. The van der Waals surface area contributed by atoms with Crippen LogP contribution in [0, 0.1) is 11.7 Å². The van der Waals surface area contributed by atoms with E-state index in [-0.39, 0.29) is 11.6 Å². The number of rotatable bonds is 3. The molecule has 1 fully saturated rings. The van der Waals surface area contributed by atoms with Crippen molar-refractivity contribution < 1.29 is 9.18 Å². The van der Waals surface area contributed by atoms with Crippen LogP contribution in [0.1, 0.15) is 19.3 Å². The van der Waals surface area contributed by atoms with Crippen molar-refractivity contribution in [2.45, 2.75) is 19.3 Å². The van der Waals surface area contributed by atoms with Crippen molar-refractivity contribution in [3.63, 3.8) is 0 Å². The number of hydrogen-bond acceptors (Lipinski definition) is 2. The Morgan fingerprint density at radius 1 is 1.56 bits per heavy atom. The fraction of sp³-hybridized carbons (Fsp3) is 0.462. The highest BCUT2D eigenvalue weighted by atomic mass is 35.5. The summed E-state index contributed by atoms with van der Waals surface area (Å²) in [5, 5.41) is 6.23. The van der Waals surface area contributed by atoms with Crippen molar-refractivity contribution in [3.8, 4) is 0 Å². The Morgan fingerprint density at radius 2 is 2.39 bits per heavy atom. The smallest absolute Gasteiger partial charge is 0.224 e. The molecule has 1 aromatic rings. The lowest BCUT2D eigenvalue weighted by atomic mass is 9.96. The van der Waals surface area contributed by atoms with Crippen LogP contribution in [0.15, 0.2) is 18.2 Å². The van der Waals surface area contributed by atoms with Crippen LogP contribution in [0.4, 0.5) is 10.1 Å². The second-order valence-corrected chi connectivity index (χ2v) is 5.03. The van der Waals surface area contributed by atoms with Crippen molar-refractivity contribution >= 4 is 23.2 Å². The molecule has 1 saturated heterocycles. The Morgan fingerprint density at radius 3 is 3.11 bits per heavy atom. The molecular formula is C13H16ClFN2O. The number of carbonyl (C=O) groups excluding carboxylic acids is 1. The van der Waals surface area contributed by atoms with Crippen LogP contribution in [0.2, 0.25) is 5.02 Å². The highest BCUT2D eigenvalue weighted by Crippen LogP contribution is 2.21. The van der Waals surface area contributed by atoms with Crippen LogP contribution in [0.25, 0.3) is 0 Å². The van der Waals surface area contributed by atoms with Gasteiger partial charge in [-0.15, -0.1) is 0 Å². The monoisotopic (exact) mass is 270 g/mol. The Kier molecular flexibility index (Phi) is 4.55. The molecular weight excluding hydrogens is 255 g/mol. The summed E-state index contributed by atoms with van der Waals surface area (Å²) in [7, 11) is 0. The molecule has 0 radical (unpaired) electrons. The van der Waals surface area contributed by atoms with E-state index in [2.05, 4.69) is 10.6 Å². The van der Waals surface area contributed by atoms with Gasteiger partial charge in [0, 0.05) is 11.4 Å². The highest BCUT2D eigenvalue weighted by molar-refractivity contribution is 6.30. The van der Waals surface area contributed by atoms with Gasteiger partial charge in [0.15, 0.2) is 0 Å². The standard InChI is InChI=1S/C13H16ClFN2O/c14-10-3-4-11(15)12(7-10)17-13(18)6-9-2-1-5-16-8-9/h3-4,7,9,16H,1-2,5-6,8H2,(H,17,18). The summed E-state index contributed by atoms with van der Waals surface area (Å²) < 4.78 is 13.4. The second-order valence-electron chi connectivity index (χ2n) is 4.59. The molecule has 1 heterocycles. The fourth-order valence-corrected chi connectivity index (χ4v) is 2.33. The van der Waals surface area contributed by atoms with Gasteiger partial charge < -0.3 is 10.6 Å². The lowest BCUT2D eigenvalue weighted by molar-refractivity contribution is -0.117. The molecule has 0 spiro atoms. The number of hydrogen-bond donors (Lipinski definition) is 2. The quantitative estimate of drug-likeness (QED) is 0.887. The molecule has 0 aromatic heterocycles. The van der Waals surface area contributed by atoms with Crippen LogP contribution >= 0.6 is 11.6 Å². The van der Waals surface area contributed by atoms with E-state index in [1.807, 2.05) is 0 Å². The lowest BCUT2D eigenvalue weighted by Crippen LogP contribution is -2.32. The van der Waals surface area contributed by atoms with E-state index in [0.29, 0.717) is 17.4 Å². The first-order valence-electron chi connectivity index (χ1n) is 6.11. The molecule has 1 aromatic carbocycles. The Bertz CT molecular complexity index is 433. The topological polar surface area (TPSA) is 41.1 Å². The molecule has 1 atom stereocenters. The number of amides is 1. The molecule has 2 rings (SSSR count). The van der Waals surface area contributed by atoms with Crippen molar-refractivity contribution in [1.29, 1.82) is 0 Å². The summed E-state index contributed by atoms with van der Waals surface area (Å²) in [4.78, 5) is 11.8. The zero-order valence-electron chi connectivity index (χ0n) is 10.0. The van der Waals surface area contributed by atoms with Crippen molar-refractivity contribution in [2.24, 2.45) is 5.92 Å². The van der Waals surface area contributed by atoms with Crippen LogP contribution < -0.4 is 10.6 Å². The van der Waals surface area contributed by atoms with Crippen LogP contribution in [0.5, 0.6) is 0 Å². The maximum absolute atomic E-state index is 13.4. The fourth-order valence-electron chi connectivity index (χ4n) is 2.15. The maximum Gasteiger partial charge on any atom is 0.224 e. The van der Waals surface area contributed by atoms with Crippen LogP contribution in [-0.4, -0.2) is 19.0 Å². The van der Waals surface area contributed by atoms with Gasteiger partial charge in [-0.3, -0.25) is 4.79 Å². The number of carbonyl (C=O) groups is 1. The Hall–Kier alpha value is -1.13. The van der Waals surface area contributed by atoms with Crippen molar-refractivity contribution in [2.75, 3.05) is 18.4 Å². The van der Waals surface area contributed by atoms with E-state index in [0.717, 1.165) is 25.9 Å². The molecule has 3 nitrogen and oxygen atoms in total. The molecule has 18 heavy (non-hydrogen) atoms. The Balaban J connectivity index is 1.92. The summed E-state index contributed by atoms with van der Waals surface area (Å²) >= 11 is 5.76. The number of benzene rings is 1. The summed E-state index contributed by atoms with van der Waals surface area (Å²) in [5.41, 5.74) is 0.149. The van der Waals surface area contributed by atoms with Crippen molar-refractivity contribution in [1.82, 2.24) is 5.32 Å². The predicted octanol–water partition coefficient (Wildman–Crippen LogP) is 2.81. The summed E-state index contributed by atoms with van der Waals surface area (Å²) in [6.45, 7) is 1.87. The molecule has 1 unspecified atom stereocenters. The first kappa shape index (κ1) is 13.3. The van der Waals surface area contributed by atoms with E-state index in [9.17, 15) is 9.18 Å². The molecule has 1 aliphatic rings. The van der Waals surface area contributed by atoms with E-state index in [4.69, 9.17) is 11.6 Å². The van der Waals surface area contributed by atoms with Crippen LogP contribution in [0.3, 0.4) is 0 Å². The molecule has 0 saturated carbocycles. The molecule has 1 amide bonds. The number of piperidine rings is 1. The van der Waals surface area contributed by atoms with Gasteiger partial charge in [0.25, 0.3) is 0 Å². The zero-order chi connectivity index (χ0) is 13.0. The SMILES string of the molecule is O=C(CC1CCCNC1)Nc1cc(Cl)ccc1F. The summed E-state index contributed by atoms with van der Waals surface area (Å²) in [6.07, 6.45) is 2.54. The van der Waals surface area contributed by atoms with Gasteiger partial charge in [0.05, 0.1) is 5.69 Å². The van der Waals surface area contributed by atoms with Gasteiger partial charge in [-0.25, -0.2) is 4.39 Å². The Labute approximate surface area is 111 Å². The van der Waals surface area contributed by atoms with Gasteiger partial charge in [-0.1, -0.05) is 11.6 Å². The third-order valence-corrected chi connectivity index (χ3v) is 3.31. The largest absolute Gasteiger partial charge is 0.324 e. The number of anilines is 1. The average molecular weight is 271 g/mol. The molecule has 98 valence electrons. The first-order chi connectivity index (χ1) is 8.65. The summed E-state index contributed by atoms with van der Waals surface area (Å²) in [5.74, 6) is -0.291. The molecule has 1 aliphatic heterocycles. The van der Waals surface area contributed by atoms with Crippen molar-refractivity contribution in [3.05, 3.63) is 29.0 Å². The number of nitrogens with one attached hydrogen (secondary N) is 2. The second kappa shape index (κ2) is 6.16.